The first-order chi connectivity index (χ1) is 13.8. The fourth-order valence-electron chi connectivity index (χ4n) is 3.17. The van der Waals surface area contributed by atoms with Gasteiger partial charge in [-0.05, 0) is 36.8 Å². The second-order valence-electron chi connectivity index (χ2n) is 6.72. The number of carbonyl (C=O) groups is 2. The molecule has 2 aromatic carbocycles. The summed E-state index contributed by atoms with van der Waals surface area (Å²) in [5.74, 6) is -0.854. The number of rotatable bonds is 5. The Morgan fingerprint density at radius 2 is 1.83 bits per heavy atom. The second kappa shape index (κ2) is 8.64. The van der Waals surface area contributed by atoms with E-state index >= 15 is 0 Å². The quantitative estimate of drug-likeness (QED) is 0.335. The molecule has 3 rings (SSSR count). The van der Waals surface area contributed by atoms with Crippen LogP contribution >= 0.6 is 0 Å². The van der Waals surface area contributed by atoms with Gasteiger partial charge in [0, 0.05) is 50.0 Å². The van der Waals surface area contributed by atoms with Crippen LogP contribution in [0.15, 0.2) is 48.5 Å². The lowest BCUT2D eigenvalue weighted by Crippen LogP contribution is -2.48. The maximum atomic E-state index is 14.3. The number of hydrogen-bond donors (Lipinski definition) is 0. The van der Waals surface area contributed by atoms with Crippen molar-refractivity contribution < 1.29 is 18.9 Å². The molecule has 1 aliphatic rings. The van der Waals surface area contributed by atoms with Gasteiger partial charge in [0.05, 0.1) is 10.6 Å². The van der Waals surface area contributed by atoms with Crippen molar-refractivity contribution in [3.8, 4) is 0 Å². The highest BCUT2D eigenvalue weighted by Crippen LogP contribution is 2.22. The first-order valence-electron chi connectivity index (χ1n) is 9.12. The molecule has 150 valence electrons. The van der Waals surface area contributed by atoms with Crippen LogP contribution < -0.4 is 4.90 Å². The number of ketones is 1. The summed E-state index contributed by atoms with van der Waals surface area (Å²) in [7, 11) is 0. The van der Waals surface area contributed by atoms with Crippen LogP contribution in [0.3, 0.4) is 0 Å². The minimum absolute atomic E-state index is 0.0361. The van der Waals surface area contributed by atoms with Gasteiger partial charge in [-0.25, -0.2) is 4.39 Å². The summed E-state index contributed by atoms with van der Waals surface area (Å²) in [4.78, 5) is 37.6. The molecule has 0 saturated carbocycles. The van der Waals surface area contributed by atoms with Gasteiger partial charge in [0.1, 0.15) is 5.82 Å². The Hall–Kier alpha value is -3.55. The van der Waals surface area contributed by atoms with E-state index in [2.05, 4.69) is 0 Å². The largest absolute Gasteiger partial charge is 0.366 e. The zero-order valence-corrected chi connectivity index (χ0v) is 15.9. The molecule has 0 radical (unpaired) electrons. The molecule has 1 saturated heterocycles. The molecule has 2 aromatic rings. The third-order valence-corrected chi connectivity index (χ3v) is 4.79. The van der Waals surface area contributed by atoms with Gasteiger partial charge in [-0.2, -0.15) is 0 Å². The smallest absolute Gasteiger partial charge is 0.270 e. The highest BCUT2D eigenvalue weighted by Gasteiger charge is 2.22. The van der Waals surface area contributed by atoms with Crippen LogP contribution in [-0.4, -0.2) is 47.7 Å². The minimum Gasteiger partial charge on any atom is -0.366 e. The van der Waals surface area contributed by atoms with E-state index in [0.29, 0.717) is 43.0 Å². The van der Waals surface area contributed by atoms with Gasteiger partial charge in [0.25, 0.3) is 5.69 Å². The predicted octanol–water partition coefficient (Wildman–Crippen LogP) is 3.30. The first kappa shape index (κ1) is 20.2. The van der Waals surface area contributed by atoms with Gasteiger partial charge in [-0.15, -0.1) is 0 Å². The monoisotopic (exact) mass is 397 g/mol. The van der Waals surface area contributed by atoms with Gasteiger partial charge in [-0.3, -0.25) is 19.7 Å². The van der Waals surface area contributed by atoms with Gasteiger partial charge < -0.3 is 9.80 Å². The van der Waals surface area contributed by atoms with E-state index < -0.39 is 10.7 Å². The predicted molar refractivity (Wildman–Crippen MR) is 107 cm³/mol. The second-order valence-corrected chi connectivity index (χ2v) is 6.72. The summed E-state index contributed by atoms with van der Waals surface area (Å²) in [5.41, 5.74) is 1.27. The number of nitro benzene ring substituents is 1. The summed E-state index contributed by atoms with van der Waals surface area (Å²) in [6.45, 7) is 3.16. The summed E-state index contributed by atoms with van der Waals surface area (Å²) in [6.07, 6.45) is 2.93. The molecule has 0 aromatic heterocycles. The number of halogens is 1. The van der Waals surface area contributed by atoms with Crippen LogP contribution in [0.25, 0.3) is 6.08 Å². The van der Waals surface area contributed by atoms with E-state index in [1.165, 1.54) is 31.2 Å². The Balaban J connectivity index is 1.60. The zero-order valence-electron chi connectivity index (χ0n) is 15.9. The maximum absolute atomic E-state index is 14.3. The van der Waals surface area contributed by atoms with Crippen molar-refractivity contribution >= 4 is 29.1 Å². The summed E-state index contributed by atoms with van der Waals surface area (Å²) in [5, 5.41) is 10.8. The number of Topliss-reactive ketones (excluding diaryl/α,β-unsaturated/α-hetero) is 1. The van der Waals surface area contributed by atoms with Gasteiger partial charge >= 0.3 is 0 Å². The highest BCUT2D eigenvalue weighted by atomic mass is 19.1. The van der Waals surface area contributed by atoms with Crippen LogP contribution in [0.5, 0.6) is 0 Å². The maximum Gasteiger partial charge on any atom is 0.270 e. The van der Waals surface area contributed by atoms with E-state index in [1.807, 2.05) is 4.90 Å². The van der Waals surface area contributed by atoms with Crippen molar-refractivity contribution in [1.82, 2.24) is 4.90 Å². The third kappa shape index (κ3) is 4.84. The lowest BCUT2D eigenvalue weighted by atomic mass is 10.1. The molecule has 29 heavy (non-hydrogen) atoms. The Morgan fingerprint density at radius 3 is 2.45 bits per heavy atom. The normalized spacial score (nSPS) is 14.3. The Kier molecular flexibility index (Phi) is 6.01. The van der Waals surface area contributed by atoms with Crippen LogP contribution in [0.2, 0.25) is 0 Å². The summed E-state index contributed by atoms with van der Waals surface area (Å²) >= 11 is 0. The molecule has 1 amide bonds. The van der Waals surface area contributed by atoms with Gasteiger partial charge in [0.2, 0.25) is 5.91 Å². The fraction of sp³-hybridized carbons (Fsp3) is 0.238. The average Bonchev–Trinajstić information content (AvgIpc) is 2.72. The molecular formula is C21H20FN3O4. The topological polar surface area (TPSA) is 83.8 Å². The van der Waals surface area contributed by atoms with Crippen LogP contribution in [-0.2, 0) is 4.79 Å². The van der Waals surface area contributed by atoms with Crippen LogP contribution in [0.1, 0.15) is 22.8 Å². The van der Waals surface area contributed by atoms with Crippen molar-refractivity contribution in [2.45, 2.75) is 6.92 Å². The lowest BCUT2D eigenvalue weighted by molar-refractivity contribution is -0.384. The Bertz CT molecular complexity index is 982. The third-order valence-electron chi connectivity index (χ3n) is 4.79. The Morgan fingerprint density at radius 1 is 1.10 bits per heavy atom. The molecule has 0 aliphatic carbocycles. The molecule has 7 nitrogen and oxygen atoms in total. The van der Waals surface area contributed by atoms with Crippen molar-refractivity contribution in [1.29, 1.82) is 0 Å². The van der Waals surface area contributed by atoms with E-state index in [1.54, 1.807) is 35.2 Å². The van der Waals surface area contributed by atoms with E-state index in [9.17, 15) is 24.1 Å². The van der Waals surface area contributed by atoms with Crippen molar-refractivity contribution in [2.75, 3.05) is 31.1 Å². The molecule has 0 spiro atoms. The van der Waals surface area contributed by atoms with E-state index in [-0.39, 0.29) is 17.4 Å². The van der Waals surface area contributed by atoms with Crippen molar-refractivity contribution in [2.24, 2.45) is 0 Å². The van der Waals surface area contributed by atoms with E-state index in [4.69, 9.17) is 0 Å². The molecule has 0 bridgehead atoms. The number of non-ortho nitro benzene ring substituents is 1. The average molecular weight is 397 g/mol. The number of benzene rings is 2. The minimum atomic E-state index is -0.486. The van der Waals surface area contributed by atoms with Crippen LogP contribution in [0.4, 0.5) is 15.8 Å². The molecule has 0 atom stereocenters. The summed E-state index contributed by atoms with van der Waals surface area (Å²) in [6, 6.07) is 10.5. The number of nitrogens with zero attached hydrogens (tertiary/aromatic N) is 3. The molecular weight excluding hydrogens is 377 g/mol. The zero-order chi connectivity index (χ0) is 21.0. The van der Waals surface area contributed by atoms with Crippen LogP contribution in [0, 0.1) is 15.9 Å². The van der Waals surface area contributed by atoms with Gasteiger partial charge in [-0.1, -0.05) is 12.1 Å². The Labute approximate surface area is 167 Å². The number of amides is 1. The number of piperazine rings is 1. The van der Waals surface area contributed by atoms with E-state index in [0.717, 1.165) is 0 Å². The number of anilines is 1. The molecule has 1 aliphatic heterocycles. The molecule has 8 heteroatoms. The first-order valence-corrected chi connectivity index (χ1v) is 9.12. The number of carbonyl (C=O) groups excluding carboxylic acids is 2. The SMILES string of the molecule is CC(=O)c1ccc(N2CCN(C(=O)/C=C/c3cccc([N+](=O)[O-])c3)CC2)c(F)c1. The molecule has 1 heterocycles. The standard InChI is InChI=1S/C21H20FN3O4/c1-15(26)17-6-7-20(19(22)14-17)23-9-11-24(12-10-23)21(27)8-5-16-3-2-4-18(13-16)25(28)29/h2-8,13-14H,9-12H2,1H3/b8-5+. The molecule has 1 fully saturated rings. The number of nitro groups is 1. The molecule has 0 N–H and O–H groups in total. The number of hydrogen-bond acceptors (Lipinski definition) is 5. The van der Waals surface area contributed by atoms with Crippen molar-refractivity contribution in [3.05, 3.63) is 75.6 Å². The lowest BCUT2D eigenvalue weighted by Gasteiger charge is -2.35. The fourth-order valence-corrected chi connectivity index (χ4v) is 3.17. The van der Waals surface area contributed by atoms with Gasteiger partial charge in [0.15, 0.2) is 5.78 Å². The molecule has 0 unspecified atom stereocenters. The van der Waals surface area contributed by atoms with Crippen molar-refractivity contribution in [3.63, 3.8) is 0 Å². The highest BCUT2D eigenvalue weighted by molar-refractivity contribution is 5.94. The summed E-state index contributed by atoms with van der Waals surface area (Å²) < 4.78 is 14.3.